The van der Waals surface area contributed by atoms with Gasteiger partial charge in [0.2, 0.25) is 5.91 Å². The van der Waals surface area contributed by atoms with Gasteiger partial charge in [0, 0.05) is 30.8 Å². The van der Waals surface area contributed by atoms with Crippen LogP contribution in [0.4, 0.5) is 0 Å². The molecule has 0 saturated carbocycles. The zero-order valence-electron chi connectivity index (χ0n) is 13.2. The maximum Gasteiger partial charge on any atom is 0.229 e. The van der Waals surface area contributed by atoms with Crippen molar-refractivity contribution in [1.82, 2.24) is 19.3 Å². The summed E-state index contributed by atoms with van der Waals surface area (Å²) in [5.74, 6) is 0.156. The molecule has 0 aromatic carbocycles. The largest absolute Gasteiger partial charge is 0.363 e. The van der Waals surface area contributed by atoms with Crippen molar-refractivity contribution in [1.29, 1.82) is 0 Å². The first-order chi connectivity index (χ1) is 11.2. The molecule has 118 valence electrons. The van der Waals surface area contributed by atoms with Crippen LogP contribution in [0.25, 0.3) is 5.65 Å². The van der Waals surface area contributed by atoms with Gasteiger partial charge in [0.25, 0.3) is 0 Å². The zero-order chi connectivity index (χ0) is 15.8. The number of amides is 1. The van der Waals surface area contributed by atoms with Gasteiger partial charge in [-0.05, 0) is 43.5 Å². The average molecular weight is 308 g/mol. The molecule has 1 atom stereocenters. The summed E-state index contributed by atoms with van der Waals surface area (Å²) in [5, 5.41) is 0. The maximum absolute atomic E-state index is 12.7. The molecule has 0 radical (unpaired) electrons. The number of fused-ring (bicyclic) bond motifs is 1. The molecular weight excluding hydrogens is 288 g/mol. The number of aromatic nitrogens is 3. The van der Waals surface area contributed by atoms with Crippen LogP contribution in [0, 0.1) is 6.92 Å². The Labute approximate surface area is 135 Å². The van der Waals surface area contributed by atoms with E-state index in [1.807, 2.05) is 53.0 Å². The molecule has 1 aliphatic rings. The van der Waals surface area contributed by atoms with E-state index in [0.717, 1.165) is 42.0 Å². The van der Waals surface area contributed by atoms with E-state index in [-0.39, 0.29) is 11.9 Å². The van der Waals surface area contributed by atoms with Crippen molar-refractivity contribution in [3.05, 3.63) is 59.8 Å². The lowest BCUT2D eigenvalue weighted by molar-refractivity contribution is -0.131. The third-order valence-electron chi connectivity index (χ3n) is 4.61. The molecule has 0 aliphatic carbocycles. The number of aromatic amines is 1. The Morgan fingerprint density at radius 2 is 2.30 bits per heavy atom. The van der Waals surface area contributed by atoms with E-state index >= 15 is 0 Å². The van der Waals surface area contributed by atoms with Crippen LogP contribution in [-0.2, 0) is 11.2 Å². The zero-order valence-corrected chi connectivity index (χ0v) is 13.2. The molecular formula is C18H20N4O. The first-order valence-electron chi connectivity index (χ1n) is 8.08. The Bertz CT molecular complexity index is 834. The Kier molecular flexibility index (Phi) is 3.41. The van der Waals surface area contributed by atoms with Crippen LogP contribution in [0.15, 0.2) is 42.9 Å². The fourth-order valence-electron chi connectivity index (χ4n) is 3.49. The van der Waals surface area contributed by atoms with Crippen LogP contribution < -0.4 is 0 Å². The molecule has 5 heteroatoms. The lowest BCUT2D eigenvalue weighted by Gasteiger charge is -2.23. The minimum Gasteiger partial charge on any atom is -0.363 e. The summed E-state index contributed by atoms with van der Waals surface area (Å²) >= 11 is 0. The summed E-state index contributed by atoms with van der Waals surface area (Å²) in [6.45, 7) is 2.87. The molecule has 1 amide bonds. The first-order valence-corrected chi connectivity index (χ1v) is 8.08. The molecule has 0 bridgehead atoms. The number of rotatable bonds is 3. The van der Waals surface area contributed by atoms with Gasteiger partial charge >= 0.3 is 0 Å². The summed E-state index contributed by atoms with van der Waals surface area (Å²) in [6, 6.07) is 8.26. The van der Waals surface area contributed by atoms with E-state index in [1.54, 1.807) is 0 Å². The molecule has 1 N–H and O–H groups in total. The summed E-state index contributed by atoms with van der Waals surface area (Å²) in [5.41, 5.74) is 4.01. The minimum atomic E-state index is 0.156. The number of carbonyl (C=O) groups excluding carboxylic acids is 1. The Morgan fingerprint density at radius 3 is 3.09 bits per heavy atom. The molecule has 4 heterocycles. The van der Waals surface area contributed by atoms with Crippen molar-refractivity contribution in [2.75, 3.05) is 6.54 Å². The molecule has 1 saturated heterocycles. The van der Waals surface area contributed by atoms with Gasteiger partial charge in [0.1, 0.15) is 5.65 Å². The Morgan fingerprint density at radius 1 is 1.39 bits per heavy atom. The van der Waals surface area contributed by atoms with Crippen molar-refractivity contribution in [3.63, 3.8) is 0 Å². The summed E-state index contributed by atoms with van der Waals surface area (Å²) in [6.07, 6.45) is 8.29. The number of nitrogens with zero attached hydrogens (tertiary/aromatic N) is 3. The molecule has 5 nitrogen and oxygen atoms in total. The number of imidazole rings is 1. The van der Waals surface area contributed by atoms with E-state index < -0.39 is 0 Å². The fourth-order valence-corrected chi connectivity index (χ4v) is 3.49. The Hall–Kier alpha value is -2.56. The van der Waals surface area contributed by atoms with Gasteiger partial charge in [-0.25, -0.2) is 4.98 Å². The SMILES string of the molecule is Cc1cccn2cc(CC(=O)N3CCC[C@H]3c3ccc[nH]3)nc12. The van der Waals surface area contributed by atoms with E-state index in [1.165, 1.54) is 0 Å². The van der Waals surface area contributed by atoms with Crippen molar-refractivity contribution < 1.29 is 4.79 Å². The van der Waals surface area contributed by atoms with E-state index in [9.17, 15) is 4.79 Å². The van der Waals surface area contributed by atoms with Crippen LogP contribution >= 0.6 is 0 Å². The average Bonchev–Trinajstić information content (AvgIpc) is 3.27. The third-order valence-corrected chi connectivity index (χ3v) is 4.61. The number of H-pyrrole nitrogens is 1. The number of aryl methyl sites for hydroxylation is 1. The summed E-state index contributed by atoms with van der Waals surface area (Å²) in [7, 11) is 0. The number of pyridine rings is 1. The minimum absolute atomic E-state index is 0.156. The fraction of sp³-hybridized carbons (Fsp3) is 0.333. The van der Waals surface area contributed by atoms with Crippen LogP contribution in [0.1, 0.15) is 35.8 Å². The predicted octanol–water partition coefficient (Wildman–Crippen LogP) is 2.88. The van der Waals surface area contributed by atoms with Crippen LogP contribution in [-0.4, -0.2) is 31.7 Å². The molecule has 1 fully saturated rings. The van der Waals surface area contributed by atoms with Gasteiger partial charge in [-0.15, -0.1) is 0 Å². The van der Waals surface area contributed by atoms with Crippen LogP contribution in [0.5, 0.6) is 0 Å². The quantitative estimate of drug-likeness (QED) is 0.809. The summed E-state index contributed by atoms with van der Waals surface area (Å²) < 4.78 is 1.99. The summed E-state index contributed by atoms with van der Waals surface area (Å²) in [4.78, 5) is 22.6. The highest BCUT2D eigenvalue weighted by Gasteiger charge is 2.30. The highest BCUT2D eigenvalue weighted by molar-refractivity contribution is 5.79. The number of hydrogen-bond donors (Lipinski definition) is 1. The van der Waals surface area contributed by atoms with Crippen molar-refractivity contribution >= 4 is 11.6 Å². The van der Waals surface area contributed by atoms with E-state index in [2.05, 4.69) is 16.0 Å². The van der Waals surface area contributed by atoms with Gasteiger partial charge in [0.05, 0.1) is 18.2 Å². The highest BCUT2D eigenvalue weighted by atomic mass is 16.2. The molecule has 3 aromatic rings. The van der Waals surface area contributed by atoms with Crippen molar-refractivity contribution in [2.45, 2.75) is 32.2 Å². The van der Waals surface area contributed by atoms with E-state index in [4.69, 9.17) is 0 Å². The van der Waals surface area contributed by atoms with Gasteiger partial charge in [0.15, 0.2) is 0 Å². The lowest BCUT2D eigenvalue weighted by atomic mass is 10.1. The van der Waals surface area contributed by atoms with E-state index in [0.29, 0.717) is 6.42 Å². The molecule has 4 rings (SSSR count). The normalized spacial score (nSPS) is 18.0. The maximum atomic E-state index is 12.7. The molecule has 3 aromatic heterocycles. The predicted molar refractivity (Wildman–Crippen MR) is 88.1 cm³/mol. The standard InChI is InChI=1S/C18H20N4O/c1-13-5-3-9-21-12-14(20-18(13)21)11-17(23)22-10-4-7-16(22)15-6-2-8-19-15/h2-3,5-6,8-9,12,16,19H,4,7,10-11H2,1H3/t16-/m0/s1. The van der Waals surface area contributed by atoms with Gasteiger partial charge < -0.3 is 14.3 Å². The molecule has 1 aliphatic heterocycles. The first kappa shape index (κ1) is 14.1. The highest BCUT2D eigenvalue weighted by Crippen LogP contribution is 2.31. The monoisotopic (exact) mass is 308 g/mol. The Balaban J connectivity index is 1.55. The van der Waals surface area contributed by atoms with Gasteiger partial charge in [-0.1, -0.05) is 6.07 Å². The number of carbonyl (C=O) groups is 1. The molecule has 23 heavy (non-hydrogen) atoms. The van der Waals surface area contributed by atoms with Crippen LogP contribution in [0.2, 0.25) is 0 Å². The second-order valence-electron chi connectivity index (χ2n) is 6.20. The number of nitrogens with one attached hydrogen (secondary N) is 1. The third kappa shape index (κ3) is 2.52. The van der Waals surface area contributed by atoms with Crippen molar-refractivity contribution in [3.8, 4) is 0 Å². The second-order valence-corrected chi connectivity index (χ2v) is 6.20. The molecule has 0 unspecified atom stereocenters. The van der Waals surface area contributed by atoms with Crippen LogP contribution in [0.3, 0.4) is 0 Å². The lowest BCUT2D eigenvalue weighted by Crippen LogP contribution is -2.32. The van der Waals surface area contributed by atoms with Gasteiger partial charge in [-0.2, -0.15) is 0 Å². The topological polar surface area (TPSA) is 53.4 Å². The molecule has 0 spiro atoms. The number of likely N-dealkylation sites (tertiary alicyclic amines) is 1. The van der Waals surface area contributed by atoms with Crippen molar-refractivity contribution in [2.24, 2.45) is 0 Å². The second kappa shape index (κ2) is 5.57. The smallest absolute Gasteiger partial charge is 0.229 e. The number of hydrogen-bond acceptors (Lipinski definition) is 2. The van der Waals surface area contributed by atoms with Gasteiger partial charge in [-0.3, -0.25) is 4.79 Å².